The van der Waals surface area contributed by atoms with Crippen LogP contribution in [0.15, 0.2) is 41.0 Å². The predicted molar refractivity (Wildman–Crippen MR) is 76.1 cm³/mol. The van der Waals surface area contributed by atoms with Crippen LogP contribution in [0.25, 0.3) is 5.57 Å². The second-order valence-electron chi connectivity index (χ2n) is 5.84. The van der Waals surface area contributed by atoms with E-state index in [-0.39, 0.29) is 30.4 Å². The Morgan fingerprint density at radius 3 is 2.05 bits per heavy atom. The molecule has 0 fully saturated rings. The van der Waals surface area contributed by atoms with Gasteiger partial charge in [-0.2, -0.15) is 0 Å². The van der Waals surface area contributed by atoms with E-state index in [1.165, 1.54) is 33.4 Å². The monoisotopic (exact) mass is 359 g/mol. The summed E-state index contributed by atoms with van der Waals surface area (Å²) >= 11 is 1.78. The molecule has 113 valence electrons. The van der Waals surface area contributed by atoms with E-state index in [1.54, 1.807) is 20.8 Å². The minimum Gasteiger partial charge on any atom is -1.00 e. The van der Waals surface area contributed by atoms with Crippen molar-refractivity contribution in [3.63, 3.8) is 0 Å². The zero-order valence-corrected chi connectivity index (χ0v) is 16.3. The molecule has 0 saturated heterocycles. The van der Waals surface area contributed by atoms with Gasteiger partial charge in [0.25, 0.3) is 0 Å². The van der Waals surface area contributed by atoms with Crippen LogP contribution < -0.4 is 24.8 Å². The second-order valence-corrected chi connectivity index (χ2v) is 6.16. The van der Waals surface area contributed by atoms with Crippen LogP contribution in [-0.2, 0) is 29.7 Å². The van der Waals surface area contributed by atoms with Gasteiger partial charge >= 0.3 is 128 Å². The standard InChI is InChI=1S/C17H21O.2ClH.Ti/c1-11-10-15(13(3)12(11)2)14-8-6-7-9-16(14)17(4,5)18;;;/h6-9H,10H2,1-5H3;2*1H;/q-1;;;+3/p-2. The van der Waals surface area contributed by atoms with E-state index in [2.05, 4.69) is 58.9 Å². The Kier molecular flexibility index (Phi) is 7.97. The zero-order chi connectivity index (χ0) is 14.2. The van der Waals surface area contributed by atoms with Crippen molar-refractivity contribution in [2.45, 2.75) is 46.6 Å². The summed E-state index contributed by atoms with van der Waals surface area (Å²) in [4.78, 5) is 0. The van der Waals surface area contributed by atoms with Crippen LogP contribution in [0.4, 0.5) is 0 Å². The number of allylic oxidation sites excluding steroid dienone is 4. The molecule has 1 aliphatic carbocycles. The first kappa shape index (κ1) is 21.0. The smallest absolute Gasteiger partial charge is 1.00 e. The van der Waals surface area contributed by atoms with E-state index >= 15 is 0 Å². The van der Waals surface area contributed by atoms with Gasteiger partial charge in [-0.3, -0.25) is 0 Å². The van der Waals surface area contributed by atoms with Crippen LogP contribution >= 0.6 is 0 Å². The van der Waals surface area contributed by atoms with Crippen molar-refractivity contribution < 1.29 is 49.0 Å². The van der Waals surface area contributed by atoms with Crippen LogP contribution in [0.1, 0.15) is 52.2 Å². The van der Waals surface area contributed by atoms with Crippen molar-refractivity contribution in [3.8, 4) is 0 Å². The van der Waals surface area contributed by atoms with Gasteiger partial charge in [-0.1, -0.05) is 0 Å². The Morgan fingerprint density at radius 1 is 1.00 bits per heavy atom. The summed E-state index contributed by atoms with van der Waals surface area (Å²) in [6, 6.07) is 8.62. The molecule has 4 heteroatoms. The molecule has 0 spiro atoms. The average molecular weight is 360 g/mol. The maximum Gasteiger partial charge on any atom is -1.00 e. The van der Waals surface area contributed by atoms with Gasteiger partial charge in [0.1, 0.15) is 0 Å². The van der Waals surface area contributed by atoms with Gasteiger partial charge in [0, 0.05) is 0 Å². The molecule has 1 aromatic rings. The first-order valence-electron chi connectivity index (χ1n) is 6.69. The van der Waals surface area contributed by atoms with Gasteiger partial charge in [-0.15, -0.1) is 0 Å². The molecule has 21 heavy (non-hydrogen) atoms. The van der Waals surface area contributed by atoms with E-state index in [0.717, 1.165) is 6.42 Å². The fourth-order valence-electron chi connectivity index (χ4n) is 2.70. The summed E-state index contributed by atoms with van der Waals surface area (Å²) in [6.07, 6.45) is 1.06. The largest absolute Gasteiger partial charge is 1.00 e. The van der Waals surface area contributed by atoms with Crippen molar-refractivity contribution in [2.24, 2.45) is 0 Å². The van der Waals surface area contributed by atoms with Crippen molar-refractivity contribution >= 4 is 5.57 Å². The molecular weight excluding hydrogens is 339 g/mol. The normalized spacial score (nSPS) is 15.0. The number of halogens is 2. The van der Waals surface area contributed by atoms with E-state index in [1.807, 2.05) is 0 Å². The fourth-order valence-corrected chi connectivity index (χ4v) is 2.87. The molecule has 0 aromatic heterocycles. The average Bonchev–Trinajstić information content (AvgIpc) is 2.66. The maximum absolute atomic E-state index is 5.68. The Morgan fingerprint density at radius 2 is 1.57 bits per heavy atom. The van der Waals surface area contributed by atoms with Gasteiger partial charge in [-0.25, -0.2) is 0 Å². The topological polar surface area (TPSA) is 9.23 Å². The second kappa shape index (κ2) is 7.99. The van der Waals surface area contributed by atoms with Crippen LogP contribution in [0.3, 0.4) is 0 Å². The summed E-state index contributed by atoms with van der Waals surface area (Å²) in [5.74, 6) is 0. The van der Waals surface area contributed by atoms with E-state index in [9.17, 15) is 0 Å². The third-order valence-electron chi connectivity index (χ3n) is 4.25. The summed E-state index contributed by atoms with van der Waals surface area (Å²) in [5.41, 5.74) is 8.16. The van der Waals surface area contributed by atoms with Crippen molar-refractivity contribution in [2.75, 3.05) is 0 Å². The van der Waals surface area contributed by atoms with E-state index in [4.69, 9.17) is 3.32 Å². The predicted octanol–water partition coefficient (Wildman–Crippen LogP) is -1.08. The molecule has 1 aromatic carbocycles. The Labute approximate surface area is 152 Å². The van der Waals surface area contributed by atoms with Crippen molar-refractivity contribution in [1.82, 2.24) is 0 Å². The maximum atomic E-state index is 5.68. The first-order chi connectivity index (χ1) is 8.88. The molecule has 0 atom stereocenters. The van der Waals surface area contributed by atoms with Crippen LogP contribution in [-0.4, -0.2) is 0 Å². The molecule has 0 N–H and O–H groups in total. The van der Waals surface area contributed by atoms with E-state index < -0.39 is 0 Å². The molecule has 0 heterocycles. The van der Waals surface area contributed by atoms with Gasteiger partial charge < -0.3 is 24.8 Å². The van der Waals surface area contributed by atoms with Gasteiger partial charge in [0.15, 0.2) is 0 Å². The number of hydrogen-bond acceptors (Lipinski definition) is 1. The fraction of sp³-hybridized carbons (Fsp3) is 0.412. The third-order valence-corrected chi connectivity index (χ3v) is 5.05. The van der Waals surface area contributed by atoms with Crippen molar-refractivity contribution in [3.05, 3.63) is 52.1 Å². The molecule has 1 nitrogen and oxygen atoms in total. The molecule has 0 radical (unpaired) electrons. The first-order valence-corrected chi connectivity index (χ1v) is 7.33. The zero-order valence-electron chi connectivity index (χ0n) is 13.2. The number of rotatable bonds is 3. The molecule has 0 bridgehead atoms. The van der Waals surface area contributed by atoms with Crippen LogP contribution in [0.2, 0.25) is 0 Å². The molecule has 1 aliphatic rings. The van der Waals surface area contributed by atoms with Gasteiger partial charge in [0.05, 0.1) is 0 Å². The molecular formula is C17H21Cl2OTi. The Hall–Kier alpha value is -0.0457. The minimum absolute atomic E-state index is 0. The quantitative estimate of drug-likeness (QED) is 0.624. The molecule has 2 rings (SSSR count). The van der Waals surface area contributed by atoms with Crippen molar-refractivity contribution in [1.29, 1.82) is 0 Å². The Bertz CT molecular complexity index is 574. The van der Waals surface area contributed by atoms with Gasteiger partial charge in [0.2, 0.25) is 0 Å². The molecule has 0 aliphatic heterocycles. The molecule has 0 unspecified atom stereocenters. The molecule has 0 saturated carbocycles. The third kappa shape index (κ3) is 4.03. The Balaban J connectivity index is 0.00000200. The van der Waals surface area contributed by atoms with Gasteiger partial charge in [-0.05, 0) is 0 Å². The summed E-state index contributed by atoms with van der Waals surface area (Å²) in [6.45, 7) is 10.9. The minimum atomic E-state index is -0.256. The summed E-state index contributed by atoms with van der Waals surface area (Å²) in [5, 5.41) is 0. The van der Waals surface area contributed by atoms with Crippen LogP contribution in [0.5, 0.6) is 0 Å². The summed E-state index contributed by atoms with van der Waals surface area (Å²) < 4.78 is 5.68. The van der Waals surface area contributed by atoms with E-state index in [0.29, 0.717) is 0 Å². The van der Waals surface area contributed by atoms with Crippen LogP contribution in [0, 0.1) is 0 Å². The molecule has 0 amide bonds. The SMILES string of the molecule is CC1=C(C)C(C)=C(c2ccccc2C(C)(C)[O][Ti+2])C1.[Cl-].[Cl-]. The number of hydrogen-bond donors (Lipinski definition) is 0. The number of benzene rings is 1. The summed E-state index contributed by atoms with van der Waals surface area (Å²) in [7, 11) is 0.